The van der Waals surface area contributed by atoms with Gasteiger partial charge in [-0.3, -0.25) is 0 Å². The molecule has 1 aromatic carbocycles. The van der Waals surface area contributed by atoms with Crippen molar-refractivity contribution in [1.82, 2.24) is 5.32 Å². The lowest BCUT2D eigenvalue weighted by Gasteiger charge is -2.21. The minimum atomic E-state index is 0.735. The molecule has 0 aromatic heterocycles. The molecule has 1 N–H and O–H groups in total. The van der Waals surface area contributed by atoms with E-state index in [2.05, 4.69) is 23.5 Å². The molecule has 0 bridgehead atoms. The molecule has 2 rings (SSSR count). The van der Waals surface area contributed by atoms with Crippen LogP contribution in [0, 0.1) is 5.92 Å². The lowest BCUT2D eigenvalue weighted by atomic mass is 9.89. The summed E-state index contributed by atoms with van der Waals surface area (Å²) in [6, 6.07) is 8.39. The lowest BCUT2D eigenvalue weighted by Crippen LogP contribution is -2.24. The summed E-state index contributed by atoms with van der Waals surface area (Å²) >= 11 is 0. The Morgan fingerprint density at radius 3 is 2.83 bits per heavy atom. The van der Waals surface area contributed by atoms with Gasteiger partial charge in [0.25, 0.3) is 0 Å². The average Bonchev–Trinajstić information content (AvgIpc) is 2.41. The van der Waals surface area contributed by atoms with Crippen LogP contribution in [0.4, 0.5) is 0 Å². The maximum Gasteiger partial charge on any atom is 0.119 e. The normalized spacial score (nSPS) is 16.7. The molecular weight excluding hydrogens is 222 g/mol. The third kappa shape index (κ3) is 4.34. The van der Waals surface area contributed by atoms with Gasteiger partial charge in [0, 0.05) is 6.54 Å². The minimum absolute atomic E-state index is 0.735. The second kappa shape index (κ2) is 7.42. The van der Waals surface area contributed by atoms with Crippen molar-refractivity contribution in [3.63, 3.8) is 0 Å². The van der Waals surface area contributed by atoms with E-state index in [4.69, 9.17) is 4.74 Å². The van der Waals surface area contributed by atoms with Crippen LogP contribution in [-0.2, 0) is 6.54 Å². The Morgan fingerprint density at radius 1 is 1.22 bits per heavy atom. The molecule has 1 fully saturated rings. The summed E-state index contributed by atoms with van der Waals surface area (Å²) in [6.45, 7) is 4.88. The Balaban J connectivity index is 1.73. The van der Waals surface area contributed by atoms with Crippen LogP contribution in [0.15, 0.2) is 24.3 Å². The van der Waals surface area contributed by atoms with E-state index in [1.54, 1.807) is 0 Å². The largest absolute Gasteiger partial charge is 0.494 e. The fraction of sp³-hybridized carbons (Fsp3) is 0.625. The first kappa shape index (κ1) is 13.4. The number of rotatable bonds is 6. The van der Waals surface area contributed by atoms with Crippen LogP contribution in [0.25, 0.3) is 0 Å². The predicted octanol–water partition coefficient (Wildman–Crippen LogP) is 3.76. The lowest BCUT2D eigenvalue weighted by molar-refractivity contribution is 0.337. The van der Waals surface area contributed by atoms with Crippen molar-refractivity contribution < 1.29 is 4.74 Å². The first-order valence-electron chi connectivity index (χ1n) is 7.31. The van der Waals surface area contributed by atoms with Gasteiger partial charge in [0.2, 0.25) is 0 Å². The highest BCUT2D eigenvalue weighted by Gasteiger charge is 2.12. The summed E-state index contributed by atoms with van der Waals surface area (Å²) in [6.07, 6.45) is 7.10. The molecule has 0 unspecified atom stereocenters. The third-order valence-electron chi connectivity index (χ3n) is 3.70. The van der Waals surface area contributed by atoms with Crippen LogP contribution in [0.1, 0.15) is 44.6 Å². The van der Waals surface area contributed by atoms with Crippen molar-refractivity contribution in [3.8, 4) is 5.75 Å². The number of ether oxygens (including phenoxy) is 1. The SMILES string of the molecule is CCOc1cccc(CNCC2CCCCC2)c1. The van der Waals surface area contributed by atoms with Gasteiger partial charge in [0.05, 0.1) is 6.61 Å². The number of benzene rings is 1. The summed E-state index contributed by atoms with van der Waals surface area (Å²) in [5.41, 5.74) is 1.32. The summed E-state index contributed by atoms with van der Waals surface area (Å²) in [7, 11) is 0. The van der Waals surface area contributed by atoms with Crippen molar-refractivity contribution in [1.29, 1.82) is 0 Å². The molecule has 18 heavy (non-hydrogen) atoms. The van der Waals surface area contributed by atoms with Gasteiger partial charge in [-0.25, -0.2) is 0 Å². The van der Waals surface area contributed by atoms with E-state index >= 15 is 0 Å². The van der Waals surface area contributed by atoms with E-state index < -0.39 is 0 Å². The molecular formula is C16H25NO. The smallest absolute Gasteiger partial charge is 0.119 e. The molecule has 1 aliphatic carbocycles. The summed E-state index contributed by atoms with van der Waals surface area (Å²) in [4.78, 5) is 0. The van der Waals surface area contributed by atoms with E-state index in [9.17, 15) is 0 Å². The van der Waals surface area contributed by atoms with Crippen molar-refractivity contribution in [2.75, 3.05) is 13.2 Å². The van der Waals surface area contributed by atoms with E-state index in [0.29, 0.717) is 0 Å². The van der Waals surface area contributed by atoms with Gasteiger partial charge in [-0.2, -0.15) is 0 Å². The van der Waals surface area contributed by atoms with Gasteiger partial charge in [-0.1, -0.05) is 31.4 Å². The quantitative estimate of drug-likeness (QED) is 0.826. The number of nitrogens with one attached hydrogen (secondary N) is 1. The van der Waals surface area contributed by atoms with Gasteiger partial charge in [0.15, 0.2) is 0 Å². The molecule has 2 heteroatoms. The fourth-order valence-corrected chi connectivity index (χ4v) is 2.72. The zero-order valence-electron chi connectivity index (χ0n) is 11.5. The van der Waals surface area contributed by atoms with Crippen LogP contribution >= 0.6 is 0 Å². The molecule has 0 atom stereocenters. The monoisotopic (exact) mass is 247 g/mol. The molecule has 1 aliphatic rings. The maximum absolute atomic E-state index is 5.52. The molecule has 0 radical (unpaired) electrons. The highest BCUT2D eigenvalue weighted by molar-refractivity contribution is 5.28. The molecule has 1 aromatic rings. The highest BCUT2D eigenvalue weighted by atomic mass is 16.5. The summed E-state index contributed by atoms with van der Waals surface area (Å²) in [5.74, 6) is 1.88. The van der Waals surface area contributed by atoms with Gasteiger partial charge in [-0.05, 0) is 49.9 Å². The molecule has 0 aliphatic heterocycles. The van der Waals surface area contributed by atoms with Crippen LogP contribution in [0.5, 0.6) is 5.75 Å². The van der Waals surface area contributed by atoms with Crippen molar-refractivity contribution >= 4 is 0 Å². The van der Waals surface area contributed by atoms with Gasteiger partial charge in [0.1, 0.15) is 5.75 Å². The van der Waals surface area contributed by atoms with E-state index in [1.165, 1.54) is 44.2 Å². The first-order chi connectivity index (χ1) is 8.88. The molecule has 0 saturated heterocycles. The highest BCUT2D eigenvalue weighted by Crippen LogP contribution is 2.22. The number of hydrogen-bond donors (Lipinski definition) is 1. The van der Waals surface area contributed by atoms with Crippen molar-refractivity contribution in [2.24, 2.45) is 5.92 Å². The average molecular weight is 247 g/mol. The van der Waals surface area contributed by atoms with Gasteiger partial charge in [-0.15, -0.1) is 0 Å². The van der Waals surface area contributed by atoms with Gasteiger partial charge >= 0.3 is 0 Å². The minimum Gasteiger partial charge on any atom is -0.494 e. The summed E-state index contributed by atoms with van der Waals surface area (Å²) in [5, 5.41) is 3.59. The third-order valence-corrected chi connectivity index (χ3v) is 3.70. The van der Waals surface area contributed by atoms with Crippen molar-refractivity contribution in [3.05, 3.63) is 29.8 Å². The Morgan fingerprint density at radius 2 is 2.06 bits per heavy atom. The molecule has 0 heterocycles. The Kier molecular flexibility index (Phi) is 5.53. The molecule has 1 saturated carbocycles. The molecule has 2 nitrogen and oxygen atoms in total. The van der Waals surface area contributed by atoms with Crippen LogP contribution in [0.2, 0.25) is 0 Å². The molecule has 0 spiro atoms. The maximum atomic E-state index is 5.52. The van der Waals surface area contributed by atoms with E-state index in [0.717, 1.165) is 24.8 Å². The fourth-order valence-electron chi connectivity index (χ4n) is 2.72. The van der Waals surface area contributed by atoms with E-state index in [1.807, 2.05) is 13.0 Å². The van der Waals surface area contributed by atoms with Gasteiger partial charge < -0.3 is 10.1 Å². The standard InChI is InChI=1S/C16H25NO/c1-2-18-16-10-6-9-15(11-16)13-17-12-14-7-4-3-5-8-14/h6,9-11,14,17H,2-5,7-8,12-13H2,1H3. The summed E-state index contributed by atoms with van der Waals surface area (Å²) < 4.78 is 5.52. The second-order valence-electron chi connectivity index (χ2n) is 5.22. The van der Waals surface area contributed by atoms with Crippen LogP contribution in [-0.4, -0.2) is 13.2 Å². The number of hydrogen-bond acceptors (Lipinski definition) is 2. The van der Waals surface area contributed by atoms with Crippen molar-refractivity contribution in [2.45, 2.75) is 45.6 Å². The first-order valence-corrected chi connectivity index (χ1v) is 7.31. The Labute approximate surface area is 111 Å². The zero-order valence-corrected chi connectivity index (χ0v) is 11.5. The van der Waals surface area contributed by atoms with Crippen LogP contribution < -0.4 is 10.1 Å². The predicted molar refractivity (Wildman–Crippen MR) is 75.9 cm³/mol. The van der Waals surface area contributed by atoms with E-state index in [-0.39, 0.29) is 0 Å². The Bertz CT molecular complexity index is 345. The molecule has 0 amide bonds. The molecule has 100 valence electrons. The second-order valence-corrected chi connectivity index (χ2v) is 5.22. The Hall–Kier alpha value is -1.02. The zero-order chi connectivity index (χ0) is 12.6. The van der Waals surface area contributed by atoms with Crippen LogP contribution in [0.3, 0.4) is 0 Å². The topological polar surface area (TPSA) is 21.3 Å².